The molecule has 0 N–H and O–H groups in total. The molecule has 2 aromatic carbocycles. The molecule has 164 valence electrons. The summed E-state index contributed by atoms with van der Waals surface area (Å²) in [5.74, 6) is -0.411. The Morgan fingerprint density at radius 2 is 1.69 bits per heavy atom. The summed E-state index contributed by atoms with van der Waals surface area (Å²) >= 11 is 1.69. The van der Waals surface area contributed by atoms with Crippen LogP contribution >= 0.6 is 11.8 Å². The van der Waals surface area contributed by atoms with Gasteiger partial charge in [-0.15, -0.1) is 4.90 Å². The van der Waals surface area contributed by atoms with Crippen LogP contribution in [-0.4, -0.2) is 21.6 Å². The first-order valence-corrected chi connectivity index (χ1v) is 12.3. The van der Waals surface area contributed by atoms with Crippen molar-refractivity contribution in [2.75, 3.05) is 4.90 Å². The first-order chi connectivity index (χ1) is 15.4. The second-order valence-corrected chi connectivity index (χ2v) is 10.3. The van der Waals surface area contributed by atoms with Gasteiger partial charge >= 0.3 is 11.9 Å². The lowest BCUT2D eigenvalue weighted by atomic mass is 9.92. The predicted octanol–water partition coefficient (Wildman–Crippen LogP) is 6.27. The van der Waals surface area contributed by atoms with Crippen molar-refractivity contribution < 1.29 is 14.2 Å². The second kappa shape index (κ2) is 8.36. The molecule has 1 unspecified atom stereocenters. The van der Waals surface area contributed by atoms with Crippen LogP contribution in [0.2, 0.25) is 0 Å². The molecule has 2 heterocycles. The number of urea groups is 1. The molecule has 0 saturated carbocycles. The molecule has 0 radical (unpaired) electrons. The molecule has 2 aromatic rings. The minimum atomic E-state index is -0.321. The standard InChI is InChI=1S/C27H29N2O2S/c1-17-9-12-20(13-10-17)16-28-26-24(22-7-5-4-6-8-23(22)32-26)25(30)29(27(28)31)21-14-11-18(2)19(3)15-21/h9-15,24H,4-8,16H2,1-3H3/q+1. The third-order valence-electron chi connectivity index (χ3n) is 6.90. The SMILES string of the molecule is Cc1ccc(C[N+]2=C3SC4=C(CCCCC4)C3C(=O)N(c3ccc(C)c(C)c3)C2=O)cc1. The molecule has 2 aliphatic heterocycles. The maximum Gasteiger partial charge on any atom is 0.506 e. The van der Waals surface area contributed by atoms with Gasteiger partial charge in [0.05, 0.1) is 0 Å². The van der Waals surface area contributed by atoms with E-state index < -0.39 is 0 Å². The molecule has 5 rings (SSSR count). The molecule has 0 bridgehead atoms. The van der Waals surface area contributed by atoms with E-state index in [9.17, 15) is 9.59 Å². The summed E-state index contributed by atoms with van der Waals surface area (Å²) < 4.78 is 1.85. The lowest BCUT2D eigenvalue weighted by Crippen LogP contribution is -2.53. The Labute approximate surface area is 194 Å². The number of carbonyl (C=O) groups excluding carboxylic acids is 2. The summed E-state index contributed by atoms with van der Waals surface area (Å²) in [6.07, 6.45) is 5.45. The minimum absolute atomic E-state index is 0.0900. The van der Waals surface area contributed by atoms with Gasteiger partial charge in [0.25, 0.3) is 0 Å². The van der Waals surface area contributed by atoms with Crippen LogP contribution in [0.25, 0.3) is 0 Å². The fourth-order valence-corrected chi connectivity index (χ4v) is 6.33. The number of anilines is 1. The molecule has 0 fully saturated rings. The van der Waals surface area contributed by atoms with E-state index in [1.807, 2.05) is 36.6 Å². The van der Waals surface area contributed by atoms with Crippen molar-refractivity contribution in [1.29, 1.82) is 0 Å². The van der Waals surface area contributed by atoms with E-state index in [0.717, 1.165) is 47.4 Å². The number of fused-ring (bicyclic) bond motifs is 2. The molecule has 1 aliphatic carbocycles. The van der Waals surface area contributed by atoms with Gasteiger partial charge in [-0.25, -0.2) is 4.79 Å². The number of rotatable bonds is 3. The number of benzene rings is 2. The molecule has 5 heteroatoms. The summed E-state index contributed by atoms with van der Waals surface area (Å²) in [7, 11) is 0. The normalized spacial score (nSPS) is 21.1. The highest BCUT2D eigenvalue weighted by Crippen LogP contribution is 2.47. The van der Waals surface area contributed by atoms with Crippen molar-refractivity contribution >= 4 is 34.4 Å². The van der Waals surface area contributed by atoms with E-state index in [1.54, 1.807) is 11.8 Å². The van der Waals surface area contributed by atoms with E-state index in [4.69, 9.17) is 0 Å². The van der Waals surface area contributed by atoms with Gasteiger partial charge in [-0.2, -0.15) is 9.37 Å². The molecule has 4 nitrogen and oxygen atoms in total. The molecule has 1 atom stereocenters. The molecular formula is C27H29N2O2S+. The number of aryl methyl sites for hydroxylation is 3. The van der Waals surface area contributed by atoms with E-state index >= 15 is 0 Å². The zero-order valence-electron chi connectivity index (χ0n) is 19.0. The number of allylic oxidation sites excluding steroid dienone is 1. The Balaban J connectivity index is 1.62. The van der Waals surface area contributed by atoms with Crippen molar-refractivity contribution in [2.45, 2.75) is 59.4 Å². The number of hydrogen-bond acceptors (Lipinski definition) is 3. The summed E-state index contributed by atoms with van der Waals surface area (Å²) in [5.41, 5.74) is 6.43. The highest BCUT2D eigenvalue weighted by atomic mass is 32.2. The fourth-order valence-electron chi connectivity index (χ4n) is 4.86. The third-order valence-corrected chi connectivity index (χ3v) is 8.27. The zero-order valence-corrected chi connectivity index (χ0v) is 19.8. The molecule has 3 amide bonds. The van der Waals surface area contributed by atoms with Gasteiger partial charge in [0.2, 0.25) is 0 Å². The van der Waals surface area contributed by atoms with Gasteiger partial charge in [0.15, 0.2) is 11.0 Å². The molecule has 0 spiro atoms. The van der Waals surface area contributed by atoms with Crippen molar-refractivity contribution in [3.05, 3.63) is 75.2 Å². The Kier molecular flexibility index (Phi) is 5.54. The molecular weight excluding hydrogens is 416 g/mol. The monoisotopic (exact) mass is 445 g/mol. The molecule has 32 heavy (non-hydrogen) atoms. The van der Waals surface area contributed by atoms with Crippen LogP contribution in [0.3, 0.4) is 0 Å². The average molecular weight is 446 g/mol. The van der Waals surface area contributed by atoms with E-state index in [2.05, 4.69) is 31.2 Å². The van der Waals surface area contributed by atoms with Crippen molar-refractivity contribution in [1.82, 2.24) is 0 Å². The first kappa shape index (κ1) is 21.2. The lowest BCUT2D eigenvalue weighted by Gasteiger charge is -2.26. The van der Waals surface area contributed by atoms with Gasteiger partial charge in [0, 0.05) is 0 Å². The van der Waals surface area contributed by atoms with Crippen LogP contribution in [0, 0.1) is 26.7 Å². The van der Waals surface area contributed by atoms with Crippen LogP contribution in [0.5, 0.6) is 0 Å². The Morgan fingerprint density at radius 1 is 0.938 bits per heavy atom. The van der Waals surface area contributed by atoms with Crippen molar-refractivity contribution in [2.24, 2.45) is 5.92 Å². The van der Waals surface area contributed by atoms with E-state index in [0.29, 0.717) is 12.2 Å². The number of imide groups is 1. The number of nitrogens with zero attached hydrogens (tertiary/aromatic N) is 2. The van der Waals surface area contributed by atoms with Gasteiger partial charge in [-0.3, -0.25) is 0 Å². The predicted molar refractivity (Wildman–Crippen MR) is 130 cm³/mol. The van der Waals surface area contributed by atoms with Crippen LogP contribution in [0.15, 0.2) is 52.9 Å². The smallest absolute Gasteiger partial charge is 0.245 e. The number of hydrogen-bond donors (Lipinski definition) is 0. The third kappa shape index (κ3) is 3.62. The van der Waals surface area contributed by atoms with Crippen LogP contribution < -0.4 is 4.90 Å². The number of amides is 3. The maximum absolute atomic E-state index is 13.8. The topological polar surface area (TPSA) is 40.4 Å². The highest BCUT2D eigenvalue weighted by molar-refractivity contribution is 8.17. The van der Waals surface area contributed by atoms with E-state index in [1.165, 1.54) is 27.4 Å². The summed E-state index contributed by atoms with van der Waals surface area (Å²) in [6, 6.07) is 13.9. The quantitative estimate of drug-likeness (QED) is 0.523. The number of carbonyl (C=O) groups is 2. The maximum atomic E-state index is 13.8. The summed E-state index contributed by atoms with van der Waals surface area (Å²) in [6.45, 7) is 6.61. The fraction of sp³-hybridized carbons (Fsp3) is 0.370. The Hall–Kier alpha value is -2.66. The van der Waals surface area contributed by atoms with Crippen molar-refractivity contribution in [3.8, 4) is 0 Å². The van der Waals surface area contributed by atoms with Gasteiger partial charge in [0.1, 0.15) is 12.2 Å². The van der Waals surface area contributed by atoms with Crippen molar-refractivity contribution in [3.63, 3.8) is 0 Å². The molecule has 0 aromatic heterocycles. The lowest BCUT2D eigenvalue weighted by molar-refractivity contribution is -0.443. The highest BCUT2D eigenvalue weighted by Gasteiger charge is 2.54. The molecule has 3 aliphatic rings. The van der Waals surface area contributed by atoms with Gasteiger partial charge < -0.3 is 0 Å². The summed E-state index contributed by atoms with van der Waals surface area (Å²) in [5, 5.41) is 0.910. The first-order valence-electron chi connectivity index (χ1n) is 11.5. The second-order valence-electron chi connectivity index (χ2n) is 9.18. The largest absolute Gasteiger partial charge is 0.506 e. The Morgan fingerprint density at radius 3 is 2.44 bits per heavy atom. The minimum Gasteiger partial charge on any atom is -0.245 e. The summed E-state index contributed by atoms with van der Waals surface area (Å²) in [4.78, 5) is 30.4. The van der Waals surface area contributed by atoms with Gasteiger partial charge in [-0.05, 0) is 85.8 Å². The van der Waals surface area contributed by atoms with Gasteiger partial charge in [-0.1, -0.05) is 54.1 Å². The Bertz CT molecular complexity index is 1180. The average Bonchev–Trinajstić information content (AvgIpc) is 2.98. The number of thioether (sulfide) groups is 1. The zero-order chi connectivity index (χ0) is 22.4. The van der Waals surface area contributed by atoms with E-state index in [-0.39, 0.29) is 17.9 Å². The molecule has 0 saturated heterocycles. The van der Waals surface area contributed by atoms with Crippen LogP contribution in [-0.2, 0) is 11.3 Å². The van der Waals surface area contributed by atoms with Crippen LogP contribution in [0.4, 0.5) is 10.5 Å². The van der Waals surface area contributed by atoms with Crippen LogP contribution in [0.1, 0.15) is 54.4 Å².